The summed E-state index contributed by atoms with van der Waals surface area (Å²) in [6.45, 7) is 2.61. The summed E-state index contributed by atoms with van der Waals surface area (Å²) in [5.41, 5.74) is 7.88. The zero-order valence-electron chi connectivity index (χ0n) is 9.18. The predicted molar refractivity (Wildman–Crippen MR) is 70.4 cm³/mol. The van der Waals surface area contributed by atoms with Crippen molar-refractivity contribution in [3.8, 4) is 0 Å². The minimum absolute atomic E-state index is 0.436. The second-order valence-corrected chi connectivity index (χ2v) is 4.90. The van der Waals surface area contributed by atoms with Gasteiger partial charge in [-0.05, 0) is 31.4 Å². The first-order valence-corrected chi connectivity index (χ1v) is 6.41. The summed E-state index contributed by atoms with van der Waals surface area (Å²) in [4.78, 5) is 2.36. The normalized spacial score (nSPS) is 16.6. The average molecular weight is 259 g/mol. The number of hydrogen-bond acceptors (Lipinski definition) is 2. The monoisotopic (exact) mass is 258 g/mol. The number of benzene rings is 1. The van der Waals surface area contributed by atoms with Crippen LogP contribution in [0.4, 0.5) is 5.69 Å². The molecule has 0 amide bonds. The van der Waals surface area contributed by atoms with Crippen LogP contribution in [0, 0.1) is 0 Å². The molecule has 1 saturated heterocycles. The summed E-state index contributed by atoms with van der Waals surface area (Å²) in [5.74, 6) is 0. The van der Waals surface area contributed by atoms with E-state index in [4.69, 9.17) is 28.9 Å². The van der Waals surface area contributed by atoms with E-state index >= 15 is 0 Å². The van der Waals surface area contributed by atoms with Crippen molar-refractivity contribution < 1.29 is 0 Å². The van der Waals surface area contributed by atoms with Crippen LogP contribution >= 0.6 is 23.2 Å². The van der Waals surface area contributed by atoms with Gasteiger partial charge in [0.25, 0.3) is 0 Å². The molecule has 0 saturated carbocycles. The Hall–Kier alpha value is -0.440. The summed E-state index contributed by atoms with van der Waals surface area (Å²) in [6, 6.07) is 3.88. The Morgan fingerprint density at radius 1 is 1.12 bits per heavy atom. The molecule has 1 aliphatic rings. The molecule has 88 valence electrons. The molecule has 1 aromatic carbocycles. The number of nitrogens with two attached hydrogens (primary N) is 1. The molecule has 1 aliphatic heterocycles. The number of anilines is 1. The Labute approximate surface area is 106 Å². The zero-order chi connectivity index (χ0) is 11.5. The predicted octanol–water partition coefficient (Wildman–Crippen LogP) is 3.44. The van der Waals surface area contributed by atoms with Gasteiger partial charge >= 0.3 is 0 Å². The molecule has 0 atom stereocenters. The maximum absolute atomic E-state index is 6.18. The van der Waals surface area contributed by atoms with Gasteiger partial charge in [0.1, 0.15) is 0 Å². The number of rotatable bonds is 2. The van der Waals surface area contributed by atoms with E-state index in [0.29, 0.717) is 16.6 Å². The van der Waals surface area contributed by atoms with Crippen LogP contribution in [-0.4, -0.2) is 13.1 Å². The summed E-state index contributed by atoms with van der Waals surface area (Å²) < 4.78 is 0. The quantitative estimate of drug-likeness (QED) is 0.881. The third-order valence-corrected chi connectivity index (χ3v) is 3.92. The molecule has 1 fully saturated rings. The van der Waals surface area contributed by atoms with Crippen molar-refractivity contribution in [2.45, 2.75) is 25.8 Å². The molecule has 0 aromatic heterocycles. The van der Waals surface area contributed by atoms with Crippen molar-refractivity contribution in [1.29, 1.82) is 0 Å². The molecular weight excluding hydrogens is 243 g/mol. The van der Waals surface area contributed by atoms with Gasteiger partial charge in [0.05, 0.1) is 10.0 Å². The summed E-state index contributed by atoms with van der Waals surface area (Å²) in [5, 5.41) is 1.19. The Bertz CT molecular complexity index is 374. The second kappa shape index (κ2) is 5.26. The number of nitrogens with zero attached hydrogens (tertiary/aromatic N) is 1. The highest BCUT2D eigenvalue weighted by atomic mass is 35.5. The number of halogens is 2. The van der Waals surface area contributed by atoms with E-state index in [1.54, 1.807) is 0 Å². The van der Waals surface area contributed by atoms with E-state index in [2.05, 4.69) is 4.90 Å². The van der Waals surface area contributed by atoms with Gasteiger partial charge in [-0.2, -0.15) is 0 Å². The van der Waals surface area contributed by atoms with Crippen molar-refractivity contribution >= 4 is 28.9 Å². The number of piperidine rings is 1. The van der Waals surface area contributed by atoms with Crippen LogP contribution in [0.15, 0.2) is 12.1 Å². The van der Waals surface area contributed by atoms with Crippen molar-refractivity contribution in [2.24, 2.45) is 5.73 Å². The zero-order valence-corrected chi connectivity index (χ0v) is 10.7. The number of hydrogen-bond donors (Lipinski definition) is 1. The van der Waals surface area contributed by atoms with E-state index in [9.17, 15) is 0 Å². The Kier molecular flexibility index (Phi) is 3.95. The largest absolute Gasteiger partial charge is 0.371 e. The third kappa shape index (κ3) is 2.29. The van der Waals surface area contributed by atoms with Crippen LogP contribution in [0.1, 0.15) is 24.8 Å². The first-order chi connectivity index (χ1) is 7.74. The van der Waals surface area contributed by atoms with E-state index in [0.717, 1.165) is 24.3 Å². The molecule has 0 spiro atoms. The smallest absolute Gasteiger partial charge is 0.0657 e. The molecule has 0 radical (unpaired) electrons. The lowest BCUT2D eigenvalue weighted by molar-refractivity contribution is 0.576. The van der Waals surface area contributed by atoms with Crippen molar-refractivity contribution in [3.63, 3.8) is 0 Å². The Morgan fingerprint density at radius 2 is 1.81 bits per heavy atom. The highest BCUT2D eigenvalue weighted by Gasteiger charge is 2.16. The Morgan fingerprint density at radius 3 is 2.44 bits per heavy atom. The highest BCUT2D eigenvalue weighted by molar-refractivity contribution is 6.42. The molecule has 4 heteroatoms. The molecule has 0 unspecified atom stereocenters. The third-order valence-electron chi connectivity index (χ3n) is 3.07. The first kappa shape index (κ1) is 12.0. The van der Waals surface area contributed by atoms with Crippen LogP contribution < -0.4 is 10.6 Å². The summed E-state index contributed by atoms with van der Waals surface area (Å²) >= 11 is 12.2. The van der Waals surface area contributed by atoms with Crippen LogP contribution in [0.5, 0.6) is 0 Å². The average Bonchev–Trinajstić information content (AvgIpc) is 2.33. The van der Waals surface area contributed by atoms with Gasteiger partial charge in [0.15, 0.2) is 0 Å². The molecule has 0 aliphatic carbocycles. The fraction of sp³-hybridized carbons (Fsp3) is 0.500. The highest BCUT2D eigenvalue weighted by Crippen LogP contribution is 2.34. The van der Waals surface area contributed by atoms with Crippen molar-refractivity contribution in [3.05, 3.63) is 27.7 Å². The van der Waals surface area contributed by atoms with Crippen LogP contribution in [-0.2, 0) is 6.54 Å². The van der Waals surface area contributed by atoms with Gasteiger partial charge in [-0.25, -0.2) is 0 Å². The van der Waals surface area contributed by atoms with Gasteiger partial charge in [-0.3, -0.25) is 0 Å². The second-order valence-electron chi connectivity index (χ2n) is 4.11. The SMILES string of the molecule is NCc1c(N2CCCCC2)ccc(Cl)c1Cl. The van der Waals surface area contributed by atoms with Gasteiger partial charge in [0.2, 0.25) is 0 Å². The van der Waals surface area contributed by atoms with E-state index < -0.39 is 0 Å². The summed E-state index contributed by atoms with van der Waals surface area (Å²) in [6.07, 6.45) is 3.80. The fourth-order valence-corrected chi connectivity index (χ4v) is 2.62. The lowest BCUT2D eigenvalue weighted by Crippen LogP contribution is -2.30. The van der Waals surface area contributed by atoms with Gasteiger partial charge < -0.3 is 10.6 Å². The van der Waals surface area contributed by atoms with Crippen LogP contribution in [0.3, 0.4) is 0 Å². The maximum atomic E-state index is 6.18. The molecule has 0 bridgehead atoms. The van der Waals surface area contributed by atoms with E-state index in [-0.39, 0.29) is 0 Å². The molecule has 2 N–H and O–H groups in total. The Balaban J connectivity index is 2.35. The molecule has 1 heterocycles. The van der Waals surface area contributed by atoms with E-state index in [1.165, 1.54) is 19.3 Å². The molecular formula is C12H16Cl2N2. The van der Waals surface area contributed by atoms with Crippen molar-refractivity contribution in [2.75, 3.05) is 18.0 Å². The first-order valence-electron chi connectivity index (χ1n) is 5.66. The summed E-state index contributed by atoms with van der Waals surface area (Å²) in [7, 11) is 0. The minimum Gasteiger partial charge on any atom is -0.371 e. The van der Waals surface area contributed by atoms with Gasteiger partial charge in [-0.15, -0.1) is 0 Å². The lowest BCUT2D eigenvalue weighted by Gasteiger charge is -2.31. The van der Waals surface area contributed by atoms with Gasteiger partial charge in [0, 0.05) is 30.9 Å². The molecule has 1 aromatic rings. The maximum Gasteiger partial charge on any atom is 0.0657 e. The van der Waals surface area contributed by atoms with E-state index in [1.807, 2.05) is 12.1 Å². The van der Waals surface area contributed by atoms with Gasteiger partial charge in [-0.1, -0.05) is 23.2 Å². The molecule has 16 heavy (non-hydrogen) atoms. The molecule has 2 rings (SSSR count). The topological polar surface area (TPSA) is 29.3 Å². The minimum atomic E-state index is 0.436. The standard InChI is InChI=1S/C12H16Cl2N2/c13-10-4-5-11(9(8-15)12(10)14)16-6-2-1-3-7-16/h4-5H,1-3,6-8,15H2. The fourth-order valence-electron chi connectivity index (χ4n) is 2.21. The van der Waals surface area contributed by atoms with Crippen LogP contribution in [0.25, 0.3) is 0 Å². The lowest BCUT2D eigenvalue weighted by atomic mass is 10.1. The molecule has 2 nitrogen and oxygen atoms in total. The van der Waals surface area contributed by atoms with Crippen LogP contribution in [0.2, 0.25) is 10.0 Å². The van der Waals surface area contributed by atoms with Crippen molar-refractivity contribution in [1.82, 2.24) is 0 Å².